The standard InChI is InChI=1S/C23H32N4O2/c1-4-14-25-22(28)20-11-8-9-18(16-20)17-27-23(24-5-2)26-15-13-19-10-6-7-12-21(19)29-3/h6-12,16H,4-5,13-15,17H2,1-3H3,(H,25,28)(H2,24,26,27). The van der Waals surface area contributed by atoms with Crippen molar-refractivity contribution in [3.8, 4) is 5.75 Å². The second-order valence-electron chi connectivity index (χ2n) is 6.64. The van der Waals surface area contributed by atoms with Crippen LogP contribution in [0.5, 0.6) is 5.75 Å². The van der Waals surface area contributed by atoms with E-state index in [0.29, 0.717) is 18.7 Å². The molecule has 0 radical (unpaired) electrons. The highest BCUT2D eigenvalue weighted by atomic mass is 16.5. The van der Waals surface area contributed by atoms with E-state index in [1.165, 1.54) is 0 Å². The molecule has 29 heavy (non-hydrogen) atoms. The Morgan fingerprint density at radius 1 is 1.00 bits per heavy atom. The lowest BCUT2D eigenvalue weighted by molar-refractivity contribution is 0.0953. The zero-order chi connectivity index (χ0) is 20.9. The molecule has 0 aliphatic carbocycles. The fraction of sp³-hybridized carbons (Fsp3) is 0.391. The Kier molecular flexibility index (Phi) is 9.55. The zero-order valence-electron chi connectivity index (χ0n) is 17.6. The number of carbonyl (C=O) groups is 1. The molecule has 0 saturated heterocycles. The van der Waals surface area contributed by atoms with Gasteiger partial charge in [0, 0.05) is 25.2 Å². The molecule has 0 unspecified atom stereocenters. The molecule has 0 aliphatic heterocycles. The number of aliphatic imine (C=N–C) groups is 1. The SMILES string of the molecule is CCCNC(=O)c1cccc(CN=C(NCC)NCCc2ccccc2OC)c1. The van der Waals surface area contributed by atoms with Crippen LogP contribution in [0.2, 0.25) is 0 Å². The molecule has 6 nitrogen and oxygen atoms in total. The molecule has 2 aromatic carbocycles. The summed E-state index contributed by atoms with van der Waals surface area (Å²) in [6.07, 6.45) is 1.75. The number of para-hydroxylation sites is 1. The summed E-state index contributed by atoms with van der Waals surface area (Å²) in [4.78, 5) is 16.8. The molecule has 2 rings (SSSR count). The molecule has 0 atom stereocenters. The molecular weight excluding hydrogens is 364 g/mol. The van der Waals surface area contributed by atoms with Gasteiger partial charge < -0.3 is 20.7 Å². The van der Waals surface area contributed by atoms with E-state index in [1.54, 1.807) is 7.11 Å². The topological polar surface area (TPSA) is 74.8 Å². The van der Waals surface area contributed by atoms with Gasteiger partial charge in [-0.15, -0.1) is 0 Å². The monoisotopic (exact) mass is 396 g/mol. The first-order chi connectivity index (χ1) is 14.2. The number of benzene rings is 2. The third kappa shape index (κ3) is 7.49. The van der Waals surface area contributed by atoms with Crippen molar-refractivity contribution in [3.63, 3.8) is 0 Å². The van der Waals surface area contributed by atoms with E-state index >= 15 is 0 Å². The van der Waals surface area contributed by atoms with Crippen LogP contribution in [0.15, 0.2) is 53.5 Å². The number of hydrogen-bond donors (Lipinski definition) is 3. The maximum absolute atomic E-state index is 12.1. The lowest BCUT2D eigenvalue weighted by atomic mass is 10.1. The van der Waals surface area contributed by atoms with Gasteiger partial charge in [-0.3, -0.25) is 4.79 Å². The van der Waals surface area contributed by atoms with Gasteiger partial charge in [-0.25, -0.2) is 4.99 Å². The fourth-order valence-electron chi connectivity index (χ4n) is 2.89. The summed E-state index contributed by atoms with van der Waals surface area (Å²) < 4.78 is 5.40. The average molecular weight is 397 g/mol. The molecule has 0 aliphatic rings. The number of nitrogens with zero attached hydrogens (tertiary/aromatic N) is 1. The molecule has 0 bridgehead atoms. The molecule has 3 N–H and O–H groups in total. The molecule has 0 aromatic heterocycles. The highest BCUT2D eigenvalue weighted by molar-refractivity contribution is 5.94. The summed E-state index contributed by atoms with van der Waals surface area (Å²) in [5, 5.41) is 9.53. The predicted octanol–water partition coefficient (Wildman–Crippen LogP) is 3.13. The molecule has 2 aromatic rings. The minimum atomic E-state index is -0.0421. The highest BCUT2D eigenvalue weighted by Crippen LogP contribution is 2.17. The number of guanidine groups is 1. The molecule has 156 valence electrons. The highest BCUT2D eigenvalue weighted by Gasteiger charge is 2.06. The maximum atomic E-state index is 12.1. The first-order valence-corrected chi connectivity index (χ1v) is 10.2. The van der Waals surface area contributed by atoms with Crippen molar-refractivity contribution in [2.45, 2.75) is 33.2 Å². The number of nitrogens with one attached hydrogen (secondary N) is 3. The van der Waals surface area contributed by atoms with Crippen molar-refractivity contribution in [1.82, 2.24) is 16.0 Å². The summed E-state index contributed by atoms with van der Waals surface area (Å²) >= 11 is 0. The van der Waals surface area contributed by atoms with E-state index in [2.05, 4.69) is 27.0 Å². The summed E-state index contributed by atoms with van der Waals surface area (Å²) in [6.45, 7) is 6.77. The minimum absolute atomic E-state index is 0.0421. The molecule has 0 fully saturated rings. The van der Waals surface area contributed by atoms with Crippen LogP contribution < -0.4 is 20.7 Å². The van der Waals surface area contributed by atoms with E-state index in [-0.39, 0.29) is 5.91 Å². The van der Waals surface area contributed by atoms with Crippen LogP contribution in [-0.2, 0) is 13.0 Å². The lowest BCUT2D eigenvalue weighted by Crippen LogP contribution is -2.38. The van der Waals surface area contributed by atoms with Gasteiger partial charge in [0.05, 0.1) is 13.7 Å². The second kappa shape index (κ2) is 12.4. The normalized spacial score (nSPS) is 11.1. The maximum Gasteiger partial charge on any atom is 0.251 e. The average Bonchev–Trinajstić information content (AvgIpc) is 2.76. The van der Waals surface area contributed by atoms with Gasteiger partial charge in [-0.05, 0) is 49.1 Å². The fourth-order valence-corrected chi connectivity index (χ4v) is 2.89. The number of methoxy groups -OCH3 is 1. The van der Waals surface area contributed by atoms with Crippen molar-refractivity contribution >= 4 is 11.9 Å². The molecule has 1 amide bonds. The zero-order valence-corrected chi connectivity index (χ0v) is 17.6. The Morgan fingerprint density at radius 3 is 2.59 bits per heavy atom. The number of hydrogen-bond acceptors (Lipinski definition) is 3. The van der Waals surface area contributed by atoms with E-state index in [9.17, 15) is 4.79 Å². The van der Waals surface area contributed by atoms with Crippen LogP contribution in [0.25, 0.3) is 0 Å². The summed E-state index contributed by atoms with van der Waals surface area (Å²) in [5.74, 6) is 1.61. The smallest absolute Gasteiger partial charge is 0.251 e. The van der Waals surface area contributed by atoms with Crippen molar-refractivity contribution < 1.29 is 9.53 Å². The van der Waals surface area contributed by atoms with Crippen LogP contribution >= 0.6 is 0 Å². The van der Waals surface area contributed by atoms with Crippen LogP contribution in [0.1, 0.15) is 41.8 Å². The number of rotatable bonds is 10. The van der Waals surface area contributed by atoms with E-state index < -0.39 is 0 Å². The predicted molar refractivity (Wildman–Crippen MR) is 119 cm³/mol. The van der Waals surface area contributed by atoms with Gasteiger partial charge in [0.25, 0.3) is 5.91 Å². The largest absolute Gasteiger partial charge is 0.496 e. The third-order valence-electron chi connectivity index (χ3n) is 4.37. The van der Waals surface area contributed by atoms with Gasteiger partial charge in [-0.2, -0.15) is 0 Å². The Morgan fingerprint density at radius 2 is 1.83 bits per heavy atom. The lowest BCUT2D eigenvalue weighted by Gasteiger charge is -2.13. The van der Waals surface area contributed by atoms with E-state index in [4.69, 9.17) is 4.74 Å². The molecular formula is C23H32N4O2. The summed E-state index contributed by atoms with van der Waals surface area (Å²) in [6, 6.07) is 15.6. The van der Waals surface area contributed by atoms with Crippen LogP contribution in [0, 0.1) is 0 Å². The quantitative estimate of drug-likeness (QED) is 0.426. The van der Waals surface area contributed by atoms with E-state index in [1.807, 2.05) is 56.3 Å². The Hall–Kier alpha value is -3.02. The first-order valence-electron chi connectivity index (χ1n) is 10.2. The third-order valence-corrected chi connectivity index (χ3v) is 4.37. The Bertz CT molecular complexity index is 805. The Labute approximate surface area is 173 Å². The molecule has 6 heteroatoms. The number of amides is 1. The minimum Gasteiger partial charge on any atom is -0.496 e. The summed E-state index contributed by atoms with van der Waals surface area (Å²) in [7, 11) is 1.69. The Balaban J connectivity index is 1.95. The van der Waals surface area contributed by atoms with Gasteiger partial charge in [0.2, 0.25) is 0 Å². The van der Waals surface area contributed by atoms with Crippen molar-refractivity contribution in [3.05, 3.63) is 65.2 Å². The van der Waals surface area contributed by atoms with Gasteiger partial charge in [-0.1, -0.05) is 37.3 Å². The number of carbonyl (C=O) groups excluding carboxylic acids is 1. The van der Waals surface area contributed by atoms with E-state index in [0.717, 1.165) is 48.8 Å². The van der Waals surface area contributed by atoms with Gasteiger partial charge in [0.15, 0.2) is 5.96 Å². The van der Waals surface area contributed by atoms with Gasteiger partial charge in [0.1, 0.15) is 5.75 Å². The van der Waals surface area contributed by atoms with Crippen LogP contribution in [0.4, 0.5) is 0 Å². The molecule has 0 spiro atoms. The van der Waals surface area contributed by atoms with Crippen molar-refractivity contribution in [2.75, 3.05) is 26.7 Å². The summed E-state index contributed by atoms with van der Waals surface area (Å²) in [5.41, 5.74) is 2.82. The second-order valence-corrected chi connectivity index (χ2v) is 6.64. The van der Waals surface area contributed by atoms with Crippen molar-refractivity contribution in [1.29, 1.82) is 0 Å². The molecule has 0 saturated carbocycles. The van der Waals surface area contributed by atoms with Crippen molar-refractivity contribution in [2.24, 2.45) is 4.99 Å². The number of ether oxygens (including phenoxy) is 1. The first kappa shape index (κ1) is 22.3. The van der Waals surface area contributed by atoms with Crippen LogP contribution in [-0.4, -0.2) is 38.6 Å². The van der Waals surface area contributed by atoms with Gasteiger partial charge >= 0.3 is 0 Å². The molecule has 0 heterocycles. The van der Waals surface area contributed by atoms with Crippen LogP contribution in [0.3, 0.4) is 0 Å².